The van der Waals surface area contributed by atoms with Gasteiger partial charge in [-0.1, -0.05) is 60.3 Å². The third-order valence-corrected chi connectivity index (χ3v) is 6.95. The molecule has 6 heteroatoms. The fourth-order valence-corrected chi connectivity index (χ4v) is 5.74. The molecule has 1 unspecified atom stereocenters. The lowest BCUT2D eigenvalue weighted by Gasteiger charge is -2.36. The molecule has 0 aliphatic carbocycles. The number of hydrazine groups is 1. The van der Waals surface area contributed by atoms with Crippen LogP contribution in [0.1, 0.15) is 60.2 Å². The fourth-order valence-electron chi connectivity index (χ4n) is 4.39. The Morgan fingerprint density at radius 2 is 1.74 bits per heavy atom. The average Bonchev–Trinajstić information content (AvgIpc) is 3.03. The van der Waals surface area contributed by atoms with Gasteiger partial charge in [0, 0.05) is 30.6 Å². The third-order valence-electron chi connectivity index (χ3n) is 5.93. The van der Waals surface area contributed by atoms with Crippen LogP contribution in [0.4, 0.5) is 10.1 Å². The molecule has 1 atom stereocenters. The van der Waals surface area contributed by atoms with Crippen LogP contribution in [0.25, 0.3) is 0 Å². The zero-order chi connectivity index (χ0) is 25.4. The van der Waals surface area contributed by atoms with Gasteiger partial charge in [0.2, 0.25) is 0 Å². The summed E-state index contributed by atoms with van der Waals surface area (Å²) in [7, 11) is 2.14. The van der Waals surface area contributed by atoms with Gasteiger partial charge in [0.25, 0.3) is 0 Å². The van der Waals surface area contributed by atoms with E-state index >= 15 is 0 Å². The standard InChI is InChI=1S/C28H45FN4S/c1-10-24(29)14-13-23(8)20-33-27-16-15-25(34-32(18-21(4)5)19-22(6)7)17-26(27)28(30(33)9)31(11-2)12-3/h10,13-17,21-22,28H,8,11-12,18-20H2,1-7,9H3/b14-13-,24-10+. The summed E-state index contributed by atoms with van der Waals surface area (Å²) in [5, 5.41) is 4.57. The van der Waals surface area contributed by atoms with Crippen molar-refractivity contribution in [1.29, 1.82) is 0 Å². The molecule has 1 aromatic carbocycles. The summed E-state index contributed by atoms with van der Waals surface area (Å²) in [5.74, 6) is 1.00. The molecule has 0 bridgehead atoms. The van der Waals surface area contributed by atoms with E-state index in [1.165, 1.54) is 28.3 Å². The molecule has 34 heavy (non-hydrogen) atoms. The van der Waals surface area contributed by atoms with Gasteiger partial charge in [-0.3, -0.25) is 9.91 Å². The lowest BCUT2D eigenvalue weighted by atomic mass is 10.1. The summed E-state index contributed by atoms with van der Waals surface area (Å²) < 4.78 is 16.1. The number of hydrogen-bond donors (Lipinski definition) is 0. The Balaban J connectivity index is 2.37. The molecule has 0 aromatic heterocycles. The van der Waals surface area contributed by atoms with Crippen molar-refractivity contribution in [1.82, 2.24) is 14.2 Å². The van der Waals surface area contributed by atoms with E-state index in [0.717, 1.165) is 31.8 Å². The maximum Gasteiger partial charge on any atom is 0.118 e. The Labute approximate surface area is 212 Å². The van der Waals surface area contributed by atoms with Crippen LogP contribution in [0.3, 0.4) is 0 Å². The van der Waals surface area contributed by atoms with Crippen LogP contribution in [0.15, 0.2) is 59.3 Å². The van der Waals surface area contributed by atoms with Crippen LogP contribution in [-0.4, -0.2) is 54.0 Å². The number of rotatable bonds is 13. The van der Waals surface area contributed by atoms with E-state index in [2.05, 4.69) is 92.6 Å². The normalized spacial score (nSPS) is 17.3. The van der Waals surface area contributed by atoms with E-state index in [-0.39, 0.29) is 12.0 Å². The second-order valence-electron chi connectivity index (χ2n) is 9.84. The van der Waals surface area contributed by atoms with Crippen molar-refractivity contribution in [2.24, 2.45) is 11.8 Å². The Morgan fingerprint density at radius 1 is 1.12 bits per heavy atom. The van der Waals surface area contributed by atoms with Crippen LogP contribution in [0, 0.1) is 11.8 Å². The number of nitrogens with zero attached hydrogens (tertiary/aromatic N) is 4. The zero-order valence-electron chi connectivity index (χ0n) is 22.5. The summed E-state index contributed by atoms with van der Waals surface area (Å²) in [6.07, 6.45) is 4.88. The summed E-state index contributed by atoms with van der Waals surface area (Å²) in [6, 6.07) is 6.84. The summed E-state index contributed by atoms with van der Waals surface area (Å²) in [5.41, 5.74) is 3.39. The lowest BCUT2D eigenvalue weighted by Crippen LogP contribution is -2.44. The van der Waals surface area contributed by atoms with Gasteiger partial charge in [0.1, 0.15) is 12.0 Å². The molecular formula is C28H45FN4S. The first-order chi connectivity index (χ1) is 16.1. The second kappa shape index (κ2) is 13.5. The summed E-state index contributed by atoms with van der Waals surface area (Å²) in [4.78, 5) is 3.76. The van der Waals surface area contributed by atoms with Gasteiger partial charge in [-0.15, -0.1) is 0 Å². The van der Waals surface area contributed by atoms with E-state index in [4.69, 9.17) is 0 Å². The van der Waals surface area contributed by atoms with E-state index in [9.17, 15) is 4.39 Å². The predicted octanol–water partition coefficient (Wildman–Crippen LogP) is 7.30. The molecule has 2 rings (SSSR count). The first-order valence-electron chi connectivity index (χ1n) is 12.6. The molecule has 0 radical (unpaired) electrons. The SMILES string of the molecule is C=C(/C=C\C(F)=C/C)CN1c2ccc(SN(CC(C)C)CC(C)C)cc2C(N(CC)CC)N1C. The Hall–Kier alpha value is -1.60. The highest BCUT2D eigenvalue weighted by molar-refractivity contribution is 7.97. The third kappa shape index (κ3) is 7.70. The van der Waals surface area contributed by atoms with Gasteiger partial charge in [-0.25, -0.2) is 13.7 Å². The molecule has 0 saturated heterocycles. The van der Waals surface area contributed by atoms with Gasteiger partial charge in [-0.2, -0.15) is 0 Å². The van der Waals surface area contributed by atoms with Gasteiger partial charge >= 0.3 is 0 Å². The number of benzene rings is 1. The fraction of sp³-hybridized carbons (Fsp3) is 0.571. The number of allylic oxidation sites excluding steroid dienone is 3. The Bertz CT molecular complexity index is 850. The van der Waals surface area contributed by atoms with Crippen LogP contribution in [0.2, 0.25) is 0 Å². The van der Waals surface area contributed by atoms with E-state index < -0.39 is 0 Å². The minimum absolute atomic E-state index is 0.165. The van der Waals surface area contributed by atoms with Crippen molar-refractivity contribution >= 4 is 17.6 Å². The maximum atomic E-state index is 13.6. The number of halogens is 1. The molecule has 1 aromatic rings. The molecule has 190 valence electrons. The molecular weight excluding hydrogens is 443 g/mol. The van der Waals surface area contributed by atoms with Gasteiger partial charge < -0.3 is 0 Å². The van der Waals surface area contributed by atoms with Crippen LogP contribution >= 0.6 is 11.9 Å². The highest BCUT2D eigenvalue weighted by Crippen LogP contribution is 2.43. The van der Waals surface area contributed by atoms with Crippen LogP contribution in [0.5, 0.6) is 0 Å². The molecule has 4 nitrogen and oxygen atoms in total. The molecule has 0 N–H and O–H groups in total. The highest BCUT2D eigenvalue weighted by Gasteiger charge is 2.37. The van der Waals surface area contributed by atoms with Crippen LogP contribution in [-0.2, 0) is 0 Å². The molecule has 1 aliphatic rings. The second-order valence-corrected chi connectivity index (χ2v) is 11.0. The van der Waals surface area contributed by atoms with Crippen molar-refractivity contribution in [2.45, 2.75) is 59.5 Å². The summed E-state index contributed by atoms with van der Waals surface area (Å²) >= 11 is 1.87. The van der Waals surface area contributed by atoms with Crippen molar-refractivity contribution in [3.8, 4) is 0 Å². The molecule has 1 heterocycles. The van der Waals surface area contributed by atoms with E-state index in [1.54, 1.807) is 13.0 Å². The highest BCUT2D eigenvalue weighted by atomic mass is 32.2. The first kappa shape index (κ1) is 28.6. The van der Waals surface area contributed by atoms with Gasteiger partial charge in [-0.05, 0) is 73.6 Å². The minimum Gasteiger partial charge on any atom is -0.299 e. The Kier molecular flexibility index (Phi) is 11.4. The monoisotopic (exact) mass is 488 g/mol. The number of fused-ring (bicyclic) bond motifs is 1. The topological polar surface area (TPSA) is 13.0 Å². The molecule has 0 amide bonds. The predicted molar refractivity (Wildman–Crippen MR) is 147 cm³/mol. The first-order valence-corrected chi connectivity index (χ1v) is 13.4. The van der Waals surface area contributed by atoms with Crippen molar-refractivity contribution in [2.75, 3.05) is 44.8 Å². The van der Waals surface area contributed by atoms with Gasteiger partial charge in [0.05, 0.1) is 12.2 Å². The number of anilines is 1. The van der Waals surface area contributed by atoms with Crippen molar-refractivity contribution in [3.05, 3.63) is 60.0 Å². The molecule has 0 fully saturated rings. The summed E-state index contributed by atoms with van der Waals surface area (Å²) in [6.45, 7) is 24.1. The Morgan fingerprint density at radius 3 is 2.26 bits per heavy atom. The minimum atomic E-state index is -0.244. The van der Waals surface area contributed by atoms with E-state index in [0.29, 0.717) is 18.4 Å². The smallest absolute Gasteiger partial charge is 0.118 e. The van der Waals surface area contributed by atoms with Crippen LogP contribution < -0.4 is 5.01 Å². The lowest BCUT2D eigenvalue weighted by molar-refractivity contribution is 0.0774. The zero-order valence-corrected chi connectivity index (χ0v) is 23.3. The van der Waals surface area contributed by atoms with Gasteiger partial charge in [0.15, 0.2) is 0 Å². The number of hydrogen-bond acceptors (Lipinski definition) is 5. The average molecular weight is 489 g/mol. The molecule has 1 aliphatic heterocycles. The van der Waals surface area contributed by atoms with E-state index in [1.807, 2.05) is 11.9 Å². The maximum absolute atomic E-state index is 13.6. The molecule has 0 saturated carbocycles. The van der Waals surface area contributed by atoms with Crippen molar-refractivity contribution < 1.29 is 4.39 Å². The largest absolute Gasteiger partial charge is 0.299 e. The quantitative estimate of drug-likeness (QED) is 0.213. The molecule has 0 spiro atoms. The van der Waals surface area contributed by atoms with Crippen molar-refractivity contribution in [3.63, 3.8) is 0 Å².